The number of ether oxygens (including phenoxy) is 1. The van der Waals surface area contributed by atoms with Crippen molar-refractivity contribution in [2.24, 2.45) is 5.92 Å². The number of sulfonamides is 1. The van der Waals surface area contributed by atoms with Gasteiger partial charge < -0.3 is 9.64 Å². The molecule has 2 aliphatic heterocycles. The molecule has 37 heavy (non-hydrogen) atoms. The van der Waals surface area contributed by atoms with E-state index in [1.54, 1.807) is 21.3 Å². The van der Waals surface area contributed by atoms with Crippen LogP contribution in [0.5, 0.6) is 0 Å². The van der Waals surface area contributed by atoms with E-state index in [-0.39, 0.29) is 41.8 Å². The van der Waals surface area contributed by atoms with Crippen LogP contribution in [-0.2, 0) is 21.4 Å². The number of amides is 1. The maximum atomic E-state index is 14.3. The number of carbonyl (C=O) groups excluding carboxylic acids is 1. The van der Waals surface area contributed by atoms with E-state index in [2.05, 4.69) is 11.8 Å². The zero-order chi connectivity index (χ0) is 26.0. The van der Waals surface area contributed by atoms with Crippen molar-refractivity contribution in [3.05, 3.63) is 71.5 Å². The number of piperazine rings is 1. The molecular formula is C28H36FN3O4S. The number of halogens is 1. The van der Waals surface area contributed by atoms with Crippen molar-refractivity contribution in [3.63, 3.8) is 0 Å². The summed E-state index contributed by atoms with van der Waals surface area (Å²) in [7, 11) is -3.19. The van der Waals surface area contributed by atoms with Crippen molar-refractivity contribution in [2.45, 2.75) is 56.5 Å². The van der Waals surface area contributed by atoms with Gasteiger partial charge in [0, 0.05) is 44.8 Å². The summed E-state index contributed by atoms with van der Waals surface area (Å²) < 4.78 is 47.0. The Balaban J connectivity index is 1.26. The van der Waals surface area contributed by atoms with Crippen LogP contribution < -0.4 is 0 Å². The van der Waals surface area contributed by atoms with Crippen LogP contribution in [0.4, 0.5) is 9.18 Å². The summed E-state index contributed by atoms with van der Waals surface area (Å²) in [6, 6.07) is 16.4. The van der Waals surface area contributed by atoms with E-state index in [0.717, 1.165) is 36.8 Å². The Kier molecular flexibility index (Phi) is 7.83. The molecule has 3 fully saturated rings. The van der Waals surface area contributed by atoms with Gasteiger partial charge in [0.25, 0.3) is 0 Å². The van der Waals surface area contributed by atoms with Crippen LogP contribution in [-0.4, -0.2) is 72.6 Å². The summed E-state index contributed by atoms with van der Waals surface area (Å²) >= 11 is 0. The van der Waals surface area contributed by atoms with Crippen LogP contribution >= 0.6 is 0 Å². The minimum atomic E-state index is -3.19. The maximum Gasteiger partial charge on any atom is 0.410 e. The zero-order valence-corrected chi connectivity index (χ0v) is 22.2. The van der Waals surface area contributed by atoms with E-state index in [1.165, 1.54) is 6.07 Å². The lowest BCUT2D eigenvalue weighted by atomic mass is 9.83. The largest absolute Gasteiger partial charge is 0.445 e. The average Bonchev–Trinajstić information content (AvgIpc) is 3.76. The number of rotatable bonds is 7. The zero-order valence-electron chi connectivity index (χ0n) is 21.3. The fraction of sp³-hybridized carbons (Fsp3) is 0.536. The topological polar surface area (TPSA) is 70.2 Å². The van der Waals surface area contributed by atoms with Crippen molar-refractivity contribution >= 4 is 16.1 Å². The average molecular weight is 530 g/mol. The first kappa shape index (κ1) is 26.1. The van der Waals surface area contributed by atoms with Crippen LogP contribution in [0.15, 0.2) is 54.6 Å². The van der Waals surface area contributed by atoms with Crippen molar-refractivity contribution in [2.75, 3.05) is 32.7 Å². The number of piperidine rings is 1. The van der Waals surface area contributed by atoms with Gasteiger partial charge >= 0.3 is 6.09 Å². The Bertz CT molecular complexity index is 1180. The molecular weight excluding hydrogens is 493 g/mol. The fourth-order valence-electron chi connectivity index (χ4n) is 5.81. The Morgan fingerprint density at radius 1 is 1.00 bits per heavy atom. The number of hydrogen-bond donors (Lipinski definition) is 0. The van der Waals surface area contributed by atoms with Gasteiger partial charge in [0.05, 0.1) is 5.25 Å². The molecule has 2 heterocycles. The van der Waals surface area contributed by atoms with Gasteiger partial charge in [0.1, 0.15) is 12.4 Å². The molecule has 0 bridgehead atoms. The standard InChI is InChI=1S/C28H36FN3O4S/c1-21-19-30(28(33)36-20-22-6-3-2-4-7-22)16-17-32(21)27(24-8-5-9-25(29)18-24)23-12-14-31(15-13-23)37(34,35)26-10-11-26/h2-9,18,21,23,26-27H,10-17,19-20H2,1H3/t21-,27+/m0/s1. The molecule has 3 aliphatic rings. The summed E-state index contributed by atoms with van der Waals surface area (Å²) in [5, 5.41) is -0.196. The second-order valence-electron chi connectivity index (χ2n) is 10.6. The third kappa shape index (κ3) is 5.99. The molecule has 2 atom stereocenters. The van der Waals surface area contributed by atoms with Crippen LogP contribution in [0.25, 0.3) is 0 Å². The van der Waals surface area contributed by atoms with Crippen LogP contribution in [0.1, 0.15) is 49.8 Å². The lowest BCUT2D eigenvalue weighted by Crippen LogP contribution is -2.56. The van der Waals surface area contributed by atoms with E-state index < -0.39 is 10.0 Å². The van der Waals surface area contributed by atoms with E-state index in [0.29, 0.717) is 32.7 Å². The van der Waals surface area contributed by atoms with E-state index in [4.69, 9.17) is 4.74 Å². The lowest BCUT2D eigenvalue weighted by Gasteiger charge is -2.47. The first-order chi connectivity index (χ1) is 17.8. The fourth-order valence-corrected chi connectivity index (χ4v) is 7.68. The number of nitrogens with zero attached hydrogens (tertiary/aromatic N) is 3. The molecule has 2 saturated heterocycles. The molecule has 2 aromatic carbocycles. The first-order valence-corrected chi connectivity index (χ1v) is 14.8. The molecule has 5 rings (SSSR count). The Morgan fingerprint density at radius 3 is 2.38 bits per heavy atom. The summed E-state index contributed by atoms with van der Waals surface area (Å²) in [5.41, 5.74) is 1.86. The Morgan fingerprint density at radius 2 is 1.73 bits per heavy atom. The highest BCUT2D eigenvalue weighted by atomic mass is 32.2. The molecule has 0 aromatic heterocycles. The summed E-state index contributed by atoms with van der Waals surface area (Å²) in [4.78, 5) is 16.9. The van der Waals surface area contributed by atoms with Crippen LogP contribution in [0.3, 0.4) is 0 Å². The molecule has 0 radical (unpaired) electrons. The van der Waals surface area contributed by atoms with Crippen molar-refractivity contribution in [1.82, 2.24) is 14.1 Å². The van der Waals surface area contributed by atoms with Crippen molar-refractivity contribution in [1.29, 1.82) is 0 Å². The second-order valence-corrected chi connectivity index (χ2v) is 12.8. The Hall–Kier alpha value is -2.49. The van der Waals surface area contributed by atoms with Crippen LogP contribution in [0, 0.1) is 11.7 Å². The van der Waals surface area contributed by atoms with Gasteiger partial charge in [-0.05, 0) is 61.8 Å². The maximum absolute atomic E-state index is 14.3. The molecule has 1 amide bonds. The monoisotopic (exact) mass is 529 g/mol. The van der Waals surface area contributed by atoms with Gasteiger partial charge in [-0.25, -0.2) is 21.9 Å². The third-order valence-corrected chi connectivity index (χ3v) is 10.3. The minimum Gasteiger partial charge on any atom is -0.445 e. The van der Waals surface area contributed by atoms with Crippen molar-refractivity contribution < 1.29 is 22.3 Å². The summed E-state index contributed by atoms with van der Waals surface area (Å²) in [6.45, 7) is 5.04. The molecule has 1 aliphatic carbocycles. The van der Waals surface area contributed by atoms with Crippen molar-refractivity contribution in [3.8, 4) is 0 Å². The van der Waals surface area contributed by atoms with E-state index >= 15 is 0 Å². The predicted octanol–water partition coefficient (Wildman–Crippen LogP) is 4.41. The molecule has 9 heteroatoms. The second kappa shape index (κ2) is 11.1. The predicted molar refractivity (Wildman–Crippen MR) is 140 cm³/mol. The minimum absolute atomic E-state index is 0.0412. The lowest BCUT2D eigenvalue weighted by molar-refractivity contribution is 0.00944. The molecule has 1 saturated carbocycles. The van der Waals surface area contributed by atoms with Gasteiger partial charge in [0.2, 0.25) is 10.0 Å². The van der Waals surface area contributed by atoms with Gasteiger partial charge in [-0.3, -0.25) is 4.90 Å². The van der Waals surface area contributed by atoms with E-state index in [1.807, 2.05) is 36.4 Å². The highest BCUT2D eigenvalue weighted by Gasteiger charge is 2.43. The molecule has 2 aromatic rings. The van der Waals surface area contributed by atoms with Gasteiger partial charge in [0.15, 0.2) is 0 Å². The number of hydrogen-bond acceptors (Lipinski definition) is 5. The first-order valence-electron chi connectivity index (χ1n) is 13.3. The SMILES string of the molecule is C[C@H]1CN(C(=O)OCc2ccccc2)CCN1[C@@H](c1cccc(F)c1)C1CCN(S(=O)(=O)C2CC2)CC1. The number of carbonyl (C=O) groups is 1. The third-order valence-electron chi connectivity index (χ3n) is 7.94. The molecule has 0 spiro atoms. The molecule has 200 valence electrons. The Labute approximate surface area is 219 Å². The summed E-state index contributed by atoms with van der Waals surface area (Å²) in [6.07, 6.45) is 2.68. The summed E-state index contributed by atoms with van der Waals surface area (Å²) in [5.74, 6) is -0.0708. The quantitative estimate of drug-likeness (QED) is 0.531. The molecule has 0 N–H and O–H groups in total. The van der Waals surface area contributed by atoms with Gasteiger partial charge in [-0.2, -0.15) is 0 Å². The number of benzene rings is 2. The highest BCUT2D eigenvalue weighted by molar-refractivity contribution is 7.90. The highest BCUT2D eigenvalue weighted by Crippen LogP contribution is 2.40. The normalized spacial score (nSPS) is 23.1. The van der Waals surface area contributed by atoms with Gasteiger partial charge in [-0.1, -0.05) is 42.5 Å². The van der Waals surface area contributed by atoms with Gasteiger partial charge in [-0.15, -0.1) is 0 Å². The molecule has 7 nitrogen and oxygen atoms in total. The smallest absolute Gasteiger partial charge is 0.410 e. The van der Waals surface area contributed by atoms with Crippen LogP contribution in [0.2, 0.25) is 0 Å². The van der Waals surface area contributed by atoms with E-state index in [9.17, 15) is 17.6 Å². The molecule has 0 unspecified atom stereocenters.